The van der Waals surface area contributed by atoms with Crippen LogP contribution in [0.4, 0.5) is 0 Å². The number of ether oxygens (including phenoxy) is 2. The monoisotopic (exact) mass is 233 g/mol. The average Bonchev–Trinajstić information content (AvgIpc) is 2.94. The lowest BCUT2D eigenvalue weighted by Gasteiger charge is -2.17. The fraction of sp³-hybridized carbons (Fsp3) is 0.571. The van der Waals surface area contributed by atoms with E-state index in [1.807, 2.05) is 13.8 Å². The van der Waals surface area contributed by atoms with Gasteiger partial charge < -0.3 is 15.2 Å². The molecule has 0 spiro atoms. The van der Waals surface area contributed by atoms with E-state index < -0.39 is 5.79 Å². The molecule has 1 heterocycles. The van der Waals surface area contributed by atoms with Crippen LogP contribution in [0.2, 0.25) is 0 Å². The minimum Gasteiger partial charge on any atom is -0.347 e. The van der Waals surface area contributed by atoms with E-state index in [1.165, 1.54) is 11.1 Å². The molecule has 0 radical (unpaired) electrons. The van der Waals surface area contributed by atoms with E-state index in [0.29, 0.717) is 6.61 Å². The Labute approximate surface area is 102 Å². The quantitative estimate of drug-likeness (QED) is 0.853. The van der Waals surface area contributed by atoms with Crippen LogP contribution >= 0.6 is 0 Å². The molecule has 2 fully saturated rings. The van der Waals surface area contributed by atoms with Crippen LogP contribution < -0.4 is 5.73 Å². The van der Waals surface area contributed by atoms with Crippen LogP contribution in [-0.4, -0.2) is 12.4 Å². The SMILES string of the molecule is CC1(C)OCC(c2ccc(C3(N)CC3)cc2)O1. The van der Waals surface area contributed by atoms with E-state index in [0.717, 1.165) is 12.8 Å². The summed E-state index contributed by atoms with van der Waals surface area (Å²) >= 11 is 0. The fourth-order valence-electron chi connectivity index (χ4n) is 2.30. The summed E-state index contributed by atoms with van der Waals surface area (Å²) in [7, 11) is 0. The Morgan fingerprint density at radius 3 is 2.29 bits per heavy atom. The molecule has 1 aromatic carbocycles. The minimum absolute atomic E-state index is 0.0481. The molecule has 3 heteroatoms. The molecule has 3 nitrogen and oxygen atoms in total. The van der Waals surface area contributed by atoms with Gasteiger partial charge in [-0.15, -0.1) is 0 Å². The van der Waals surface area contributed by atoms with Crippen LogP contribution in [0.15, 0.2) is 24.3 Å². The van der Waals surface area contributed by atoms with Gasteiger partial charge in [0, 0.05) is 5.54 Å². The van der Waals surface area contributed by atoms with Crippen molar-refractivity contribution < 1.29 is 9.47 Å². The van der Waals surface area contributed by atoms with E-state index in [-0.39, 0.29) is 11.6 Å². The Hall–Kier alpha value is -0.900. The number of benzene rings is 1. The first-order valence-corrected chi connectivity index (χ1v) is 6.20. The molecule has 2 aliphatic rings. The van der Waals surface area contributed by atoms with Gasteiger partial charge in [-0.25, -0.2) is 0 Å². The van der Waals surface area contributed by atoms with Crippen molar-refractivity contribution >= 4 is 0 Å². The van der Waals surface area contributed by atoms with Gasteiger partial charge in [-0.3, -0.25) is 0 Å². The summed E-state index contributed by atoms with van der Waals surface area (Å²) in [5, 5.41) is 0. The molecule has 92 valence electrons. The predicted molar refractivity (Wildman–Crippen MR) is 65.4 cm³/mol. The number of hydrogen-bond acceptors (Lipinski definition) is 3. The van der Waals surface area contributed by atoms with E-state index in [4.69, 9.17) is 15.2 Å². The molecule has 0 amide bonds. The Morgan fingerprint density at radius 1 is 1.18 bits per heavy atom. The van der Waals surface area contributed by atoms with Gasteiger partial charge in [0.1, 0.15) is 6.10 Å². The second-order valence-corrected chi connectivity index (χ2v) is 5.60. The molecule has 3 rings (SSSR count). The second-order valence-electron chi connectivity index (χ2n) is 5.60. The summed E-state index contributed by atoms with van der Waals surface area (Å²) in [6.45, 7) is 4.51. The van der Waals surface area contributed by atoms with Crippen molar-refractivity contribution in [3.05, 3.63) is 35.4 Å². The van der Waals surface area contributed by atoms with Crippen LogP contribution in [0, 0.1) is 0 Å². The van der Waals surface area contributed by atoms with Crippen molar-refractivity contribution in [1.82, 2.24) is 0 Å². The van der Waals surface area contributed by atoms with E-state index in [1.54, 1.807) is 0 Å². The lowest BCUT2D eigenvalue weighted by molar-refractivity contribution is -0.139. The van der Waals surface area contributed by atoms with Crippen LogP contribution in [-0.2, 0) is 15.0 Å². The molecule has 1 saturated heterocycles. The highest BCUT2D eigenvalue weighted by Gasteiger charge is 2.40. The summed E-state index contributed by atoms with van der Waals surface area (Å²) in [5.41, 5.74) is 8.51. The van der Waals surface area contributed by atoms with E-state index in [9.17, 15) is 0 Å². The molecule has 1 atom stereocenters. The van der Waals surface area contributed by atoms with E-state index in [2.05, 4.69) is 24.3 Å². The zero-order valence-corrected chi connectivity index (χ0v) is 10.4. The molecular formula is C14H19NO2. The third-order valence-corrected chi connectivity index (χ3v) is 3.65. The van der Waals surface area contributed by atoms with Crippen molar-refractivity contribution in [2.24, 2.45) is 5.73 Å². The lowest BCUT2D eigenvalue weighted by Crippen LogP contribution is -2.20. The first kappa shape index (κ1) is 11.2. The molecule has 1 unspecified atom stereocenters. The van der Waals surface area contributed by atoms with Gasteiger partial charge >= 0.3 is 0 Å². The standard InChI is InChI=1S/C14H19NO2/c1-13(2)16-9-12(17-13)10-3-5-11(6-4-10)14(15)7-8-14/h3-6,12H,7-9,15H2,1-2H3. The molecule has 0 bridgehead atoms. The Balaban J connectivity index is 1.77. The van der Waals surface area contributed by atoms with Crippen molar-refractivity contribution in [1.29, 1.82) is 0 Å². The highest BCUT2D eigenvalue weighted by atomic mass is 16.7. The topological polar surface area (TPSA) is 44.5 Å². The van der Waals surface area contributed by atoms with Crippen LogP contribution in [0.25, 0.3) is 0 Å². The summed E-state index contributed by atoms with van der Waals surface area (Å²) in [5.74, 6) is -0.463. The van der Waals surface area contributed by atoms with Crippen molar-refractivity contribution in [3.8, 4) is 0 Å². The first-order valence-electron chi connectivity index (χ1n) is 6.20. The van der Waals surface area contributed by atoms with Crippen molar-refractivity contribution in [3.63, 3.8) is 0 Å². The summed E-state index contributed by atoms with van der Waals surface area (Å²) in [4.78, 5) is 0. The summed E-state index contributed by atoms with van der Waals surface area (Å²) in [6, 6.07) is 8.46. The Morgan fingerprint density at radius 2 is 1.82 bits per heavy atom. The number of nitrogens with two attached hydrogens (primary N) is 1. The zero-order valence-electron chi connectivity index (χ0n) is 10.4. The van der Waals surface area contributed by atoms with Gasteiger partial charge in [-0.1, -0.05) is 24.3 Å². The smallest absolute Gasteiger partial charge is 0.163 e. The largest absolute Gasteiger partial charge is 0.347 e. The third-order valence-electron chi connectivity index (χ3n) is 3.65. The Kier molecular flexibility index (Phi) is 2.34. The third kappa shape index (κ3) is 2.10. The highest BCUT2D eigenvalue weighted by Crippen LogP contribution is 2.43. The maximum atomic E-state index is 6.16. The normalized spacial score (nSPS) is 29.2. The summed E-state index contributed by atoms with van der Waals surface area (Å²) < 4.78 is 11.4. The molecule has 1 aliphatic carbocycles. The van der Waals surface area contributed by atoms with Crippen molar-refractivity contribution in [2.75, 3.05) is 6.61 Å². The van der Waals surface area contributed by atoms with Gasteiger partial charge in [0.25, 0.3) is 0 Å². The molecule has 1 saturated carbocycles. The first-order chi connectivity index (χ1) is 7.99. The number of hydrogen-bond donors (Lipinski definition) is 1. The maximum absolute atomic E-state index is 6.16. The van der Waals surface area contributed by atoms with Gasteiger partial charge in [-0.05, 0) is 37.8 Å². The second kappa shape index (κ2) is 3.55. The summed E-state index contributed by atoms with van der Waals surface area (Å²) in [6.07, 6.45) is 2.25. The molecule has 1 aromatic rings. The molecule has 17 heavy (non-hydrogen) atoms. The average molecular weight is 233 g/mol. The highest BCUT2D eigenvalue weighted by molar-refractivity contribution is 5.33. The molecule has 1 aliphatic heterocycles. The molecular weight excluding hydrogens is 214 g/mol. The molecule has 0 aromatic heterocycles. The number of rotatable bonds is 2. The van der Waals surface area contributed by atoms with Crippen LogP contribution in [0.3, 0.4) is 0 Å². The van der Waals surface area contributed by atoms with Gasteiger partial charge in [0.2, 0.25) is 0 Å². The zero-order chi connectivity index (χ0) is 12.1. The van der Waals surface area contributed by atoms with Crippen LogP contribution in [0.1, 0.15) is 43.9 Å². The predicted octanol–water partition coefficient (Wildman–Crippen LogP) is 2.46. The van der Waals surface area contributed by atoms with Crippen LogP contribution in [0.5, 0.6) is 0 Å². The fourth-order valence-corrected chi connectivity index (χ4v) is 2.30. The van der Waals surface area contributed by atoms with Gasteiger partial charge in [-0.2, -0.15) is 0 Å². The van der Waals surface area contributed by atoms with Gasteiger partial charge in [0.05, 0.1) is 6.61 Å². The van der Waals surface area contributed by atoms with Crippen molar-refractivity contribution in [2.45, 2.75) is 44.1 Å². The van der Waals surface area contributed by atoms with E-state index >= 15 is 0 Å². The Bertz CT molecular complexity index is 420. The minimum atomic E-state index is -0.463. The maximum Gasteiger partial charge on any atom is 0.163 e. The van der Waals surface area contributed by atoms with Gasteiger partial charge in [0.15, 0.2) is 5.79 Å². The molecule has 2 N–H and O–H groups in total. The lowest BCUT2D eigenvalue weighted by atomic mass is 10.0.